The Morgan fingerprint density at radius 2 is 1.88 bits per heavy atom. The highest BCUT2D eigenvalue weighted by Gasteiger charge is 2.22. The quantitative estimate of drug-likeness (QED) is 0.217. The lowest BCUT2D eigenvalue weighted by Crippen LogP contribution is -2.39. The largest absolute Gasteiger partial charge is 0.378 e. The van der Waals surface area contributed by atoms with Gasteiger partial charge >= 0.3 is 0 Å². The molecule has 0 aliphatic heterocycles. The lowest BCUT2D eigenvalue weighted by molar-refractivity contribution is -0.119. The number of hydrogen-bond donors (Lipinski definition) is 3. The fourth-order valence-corrected chi connectivity index (χ4v) is 2.75. The topological polar surface area (TPSA) is 74.8 Å². The van der Waals surface area contributed by atoms with E-state index >= 15 is 0 Å². The number of nitrogens with one attached hydrogen (secondary N) is 3. The molecule has 7 heteroatoms. The maximum absolute atomic E-state index is 11.7. The van der Waals surface area contributed by atoms with Gasteiger partial charge in [0.1, 0.15) is 6.54 Å². The van der Waals surface area contributed by atoms with E-state index in [1.54, 1.807) is 0 Å². The van der Waals surface area contributed by atoms with E-state index in [0.29, 0.717) is 18.1 Å². The number of carbonyl (C=O) groups is 1. The molecule has 2 rings (SSSR count). The number of rotatable bonds is 9. The molecule has 3 N–H and O–H groups in total. The lowest BCUT2D eigenvalue weighted by Gasteiger charge is -2.22. The molecule has 2 fully saturated rings. The summed E-state index contributed by atoms with van der Waals surface area (Å²) in [5, 5.41) is 9.37. The van der Waals surface area contributed by atoms with Crippen molar-refractivity contribution >= 4 is 35.8 Å². The summed E-state index contributed by atoms with van der Waals surface area (Å²) < 4.78 is 5.91. The Morgan fingerprint density at radius 3 is 2.54 bits per heavy atom. The van der Waals surface area contributed by atoms with Crippen molar-refractivity contribution in [2.45, 2.75) is 70.4 Å². The van der Waals surface area contributed by atoms with E-state index in [1.807, 2.05) is 6.92 Å². The predicted octanol–water partition coefficient (Wildman–Crippen LogP) is 2.18. The summed E-state index contributed by atoms with van der Waals surface area (Å²) in [4.78, 5) is 16.0. The van der Waals surface area contributed by atoms with Gasteiger partial charge in [0.05, 0.1) is 6.10 Å². The minimum Gasteiger partial charge on any atom is -0.378 e. The maximum atomic E-state index is 11.7. The molecule has 2 aliphatic rings. The molecule has 0 aromatic heterocycles. The van der Waals surface area contributed by atoms with Crippen molar-refractivity contribution in [1.82, 2.24) is 16.0 Å². The van der Waals surface area contributed by atoms with Crippen LogP contribution in [0.15, 0.2) is 4.99 Å². The number of guanidine groups is 1. The van der Waals surface area contributed by atoms with E-state index in [2.05, 4.69) is 20.9 Å². The molecule has 2 aliphatic carbocycles. The SMILES string of the molecule is CCNC(=NCC(=O)NC1CC1)NCCCOC1CCCCC1.I. The van der Waals surface area contributed by atoms with Gasteiger partial charge in [-0.2, -0.15) is 0 Å². The number of aliphatic imine (C=N–C) groups is 1. The van der Waals surface area contributed by atoms with Crippen molar-refractivity contribution in [3.05, 3.63) is 0 Å². The third-order valence-corrected chi connectivity index (χ3v) is 4.19. The van der Waals surface area contributed by atoms with Crippen LogP contribution in [0.4, 0.5) is 0 Å². The van der Waals surface area contributed by atoms with Crippen LogP contribution in [0.5, 0.6) is 0 Å². The zero-order valence-corrected chi connectivity index (χ0v) is 17.1. The van der Waals surface area contributed by atoms with Gasteiger partial charge in [-0.1, -0.05) is 19.3 Å². The zero-order chi connectivity index (χ0) is 16.3. The summed E-state index contributed by atoms with van der Waals surface area (Å²) in [5.74, 6) is 0.710. The highest BCUT2D eigenvalue weighted by molar-refractivity contribution is 14.0. The van der Waals surface area contributed by atoms with E-state index in [9.17, 15) is 4.79 Å². The summed E-state index contributed by atoms with van der Waals surface area (Å²) in [6, 6.07) is 0.394. The van der Waals surface area contributed by atoms with E-state index in [1.165, 1.54) is 32.1 Å². The second-order valence-corrected chi connectivity index (χ2v) is 6.45. The van der Waals surface area contributed by atoms with Crippen LogP contribution in [-0.4, -0.2) is 50.3 Å². The monoisotopic (exact) mass is 452 g/mol. The number of hydrogen-bond acceptors (Lipinski definition) is 3. The molecule has 0 aromatic rings. The Balaban J connectivity index is 0.00000288. The molecule has 140 valence electrons. The minimum atomic E-state index is 0. The van der Waals surface area contributed by atoms with E-state index < -0.39 is 0 Å². The lowest BCUT2D eigenvalue weighted by atomic mass is 9.98. The first-order chi connectivity index (χ1) is 11.3. The number of carbonyl (C=O) groups excluding carboxylic acids is 1. The molecule has 2 saturated carbocycles. The van der Waals surface area contributed by atoms with Crippen LogP contribution < -0.4 is 16.0 Å². The summed E-state index contributed by atoms with van der Waals surface area (Å²) in [7, 11) is 0. The van der Waals surface area contributed by atoms with Crippen molar-refractivity contribution in [3.8, 4) is 0 Å². The molecule has 0 heterocycles. The average Bonchev–Trinajstić information content (AvgIpc) is 3.37. The molecular formula is C17H33IN4O2. The van der Waals surface area contributed by atoms with Gasteiger partial charge in [-0.25, -0.2) is 4.99 Å². The van der Waals surface area contributed by atoms with Gasteiger partial charge < -0.3 is 20.7 Å². The van der Waals surface area contributed by atoms with Crippen LogP contribution in [0.1, 0.15) is 58.3 Å². The van der Waals surface area contributed by atoms with Crippen LogP contribution in [0.3, 0.4) is 0 Å². The van der Waals surface area contributed by atoms with Gasteiger partial charge in [-0.05, 0) is 39.0 Å². The zero-order valence-electron chi connectivity index (χ0n) is 14.8. The molecule has 24 heavy (non-hydrogen) atoms. The minimum absolute atomic E-state index is 0. The first-order valence-corrected chi connectivity index (χ1v) is 9.21. The number of halogens is 1. The highest BCUT2D eigenvalue weighted by Crippen LogP contribution is 2.20. The smallest absolute Gasteiger partial charge is 0.242 e. The van der Waals surface area contributed by atoms with Gasteiger partial charge in [0.25, 0.3) is 0 Å². The van der Waals surface area contributed by atoms with Crippen LogP contribution in [-0.2, 0) is 9.53 Å². The van der Waals surface area contributed by atoms with Gasteiger partial charge in [0.15, 0.2) is 5.96 Å². The number of ether oxygens (including phenoxy) is 1. The van der Waals surface area contributed by atoms with Crippen LogP contribution in [0.25, 0.3) is 0 Å². The fraction of sp³-hybridized carbons (Fsp3) is 0.882. The molecule has 0 spiro atoms. The van der Waals surface area contributed by atoms with Crippen molar-refractivity contribution in [3.63, 3.8) is 0 Å². The van der Waals surface area contributed by atoms with Gasteiger partial charge in [-0.15, -0.1) is 24.0 Å². The molecule has 0 radical (unpaired) electrons. The number of amides is 1. The predicted molar refractivity (Wildman–Crippen MR) is 108 cm³/mol. The molecule has 0 unspecified atom stereocenters. The average molecular weight is 452 g/mol. The molecule has 0 aromatic carbocycles. The molecule has 6 nitrogen and oxygen atoms in total. The third-order valence-electron chi connectivity index (χ3n) is 4.19. The van der Waals surface area contributed by atoms with Crippen molar-refractivity contribution < 1.29 is 9.53 Å². The summed E-state index contributed by atoms with van der Waals surface area (Å²) >= 11 is 0. The Morgan fingerprint density at radius 1 is 1.12 bits per heavy atom. The highest BCUT2D eigenvalue weighted by atomic mass is 127. The second kappa shape index (κ2) is 12.7. The molecular weight excluding hydrogens is 419 g/mol. The Labute approximate surface area is 163 Å². The van der Waals surface area contributed by atoms with Crippen molar-refractivity contribution in [2.24, 2.45) is 4.99 Å². The van der Waals surface area contributed by atoms with Crippen LogP contribution >= 0.6 is 24.0 Å². The Hall–Kier alpha value is -0.570. The molecule has 0 atom stereocenters. The number of nitrogens with zero attached hydrogens (tertiary/aromatic N) is 1. The van der Waals surface area contributed by atoms with Gasteiger partial charge in [-0.3, -0.25) is 4.79 Å². The Bertz CT molecular complexity index is 383. The summed E-state index contributed by atoms with van der Waals surface area (Å²) in [6.07, 6.45) is 10.0. The molecule has 0 saturated heterocycles. The Kier molecular flexibility index (Phi) is 11.4. The summed E-state index contributed by atoms with van der Waals surface area (Å²) in [6.45, 7) is 4.59. The van der Waals surface area contributed by atoms with Crippen molar-refractivity contribution in [1.29, 1.82) is 0 Å². The second-order valence-electron chi connectivity index (χ2n) is 6.45. The normalized spacial score (nSPS) is 18.6. The first kappa shape index (κ1) is 21.5. The van der Waals surface area contributed by atoms with Crippen molar-refractivity contribution in [2.75, 3.05) is 26.2 Å². The fourth-order valence-electron chi connectivity index (χ4n) is 2.75. The van der Waals surface area contributed by atoms with E-state index in [-0.39, 0.29) is 36.4 Å². The van der Waals surface area contributed by atoms with Gasteiger partial charge in [0.2, 0.25) is 5.91 Å². The van der Waals surface area contributed by atoms with Crippen LogP contribution in [0.2, 0.25) is 0 Å². The standard InChI is InChI=1S/C17H32N4O2.HI/c1-2-18-17(20-13-16(22)21-14-9-10-14)19-11-6-12-23-15-7-4-3-5-8-15;/h14-15H,2-13H2,1H3,(H,21,22)(H2,18,19,20);1H. The summed E-state index contributed by atoms with van der Waals surface area (Å²) in [5.41, 5.74) is 0. The third kappa shape index (κ3) is 9.66. The molecule has 1 amide bonds. The van der Waals surface area contributed by atoms with E-state index in [4.69, 9.17) is 4.74 Å². The molecule has 0 bridgehead atoms. The maximum Gasteiger partial charge on any atom is 0.242 e. The van der Waals surface area contributed by atoms with Crippen LogP contribution in [0, 0.1) is 0 Å². The van der Waals surface area contributed by atoms with E-state index in [0.717, 1.165) is 39.0 Å². The van der Waals surface area contributed by atoms with Gasteiger partial charge in [0, 0.05) is 25.7 Å². The first-order valence-electron chi connectivity index (χ1n) is 9.21.